The van der Waals surface area contributed by atoms with Gasteiger partial charge in [0.15, 0.2) is 6.61 Å². The largest absolute Gasteiger partial charge is 0.451 e. The van der Waals surface area contributed by atoms with Gasteiger partial charge in [-0.1, -0.05) is 11.3 Å². The first kappa shape index (κ1) is 17.1. The molecule has 0 radical (unpaired) electrons. The lowest BCUT2D eigenvalue weighted by atomic mass is 10.2. The monoisotopic (exact) mass is 349 g/mol. The minimum atomic E-state index is -0.827. The fraction of sp³-hybridized carbons (Fsp3) is 0.0714. The molecule has 0 aliphatic carbocycles. The Kier molecular flexibility index (Phi) is 5.22. The number of carbonyl (C=O) groups excluding carboxylic acids is 3. The van der Waals surface area contributed by atoms with Crippen LogP contribution in [0.25, 0.3) is 0 Å². The highest BCUT2D eigenvalue weighted by molar-refractivity contribution is 7.17. The van der Waals surface area contributed by atoms with Crippen molar-refractivity contribution in [3.63, 3.8) is 0 Å². The lowest BCUT2D eigenvalue weighted by Crippen LogP contribution is -2.20. The van der Waals surface area contributed by atoms with E-state index < -0.39 is 29.3 Å². The molecule has 10 heteroatoms. The zero-order valence-corrected chi connectivity index (χ0v) is 12.9. The zero-order chi connectivity index (χ0) is 17.7. The number of nitrogens with two attached hydrogens (primary N) is 1. The highest BCUT2D eigenvalue weighted by Gasteiger charge is 2.17. The Morgan fingerprint density at radius 2 is 1.83 bits per heavy atom. The van der Waals surface area contributed by atoms with Gasteiger partial charge >= 0.3 is 11.0 Å². The predicted molar refractivity (Wildman–Crippen MR) is 84.8 cm³/mol. The molecule has 1 heterocycles. The molecular weight excluding hydrogens is 338 g/mol. The van der Waals surface area contributed by atoms with E-state index >= 15 is 0 Å². The molecule has 9 nitrogen and oxygen atoms in total. The summed E-state index contributed by atoms with van der Waals surface area (Å²) in [7, 11) is 0. The average Bonchev–Trinajstić information content (AvgIpc) is 3.03. The van der Waals surface area contributed by atoms with Crippen LogP contribution in [-0.2, 0) is 9.53 Å². The first-order valence-corrected chi connectivity index (χ1v) is 7.29. The van der Waals surface area contributed by atoms with E-state index in [1.165, 1.54) is 36.4 Å². The van der Waals surface area contributed by atoms with E-state index in [-0.39, 0.29) is 9.88 Å². The van der Waals surface area contributed by atoms with Gasteiger partial charge in [-0.2, -0.15) is 0 Å². The number of carbonyl (C=O) groups is 3. The van der Waals surface area contributed by atoms with Gasteiger partial charge in [0, 0.05) is 17.3 Å². The number of rotatable bonds is 6. The van der Waals surface area contributed by atoms with Gasteiger partial charge in [0.25, 0.3) is 5.91 Å². The van der Waals surface area contributed by atoms with Crippen molar-refractivity contribution in [1.82, 2.24) is 0 Å². The summed E-state index contributed by atoms with van der Waals surface area (Å²) < 4.78 is 4.78. The summed E-state index contributed by atoms with van der Waals surface area (Å²) in [5.41, 5.74) is 5.78. The van der Waals surface area contributed by atoms with Crippen LogP contribution in [-0.4, -0.2) is 29.3 Å². The maximum Gasteiger partial charge on any atom is 0.349 e. The summed E-state index contributed by atoms with van der Waals surface area (Å²) in [5, 5.41) is 12.8. The molecule has 2 rings (SSSR count). The Hall–Kier alpha value is -3.27. The van der Waals surface area contributed by atoms with Gasteiger partial charge in [0.05, 0.1) is 4.92 Å². The van der Waals surface area contributed by atoms with Gasteiger partial charge in [-0.3, -0.25) is 19.7 Å². The van der Waals surface area contributed by atoms with Crippen molar-refractivity contribution >= 4 is 39.8 Å². The second-order valence-electron chi connectivity index (χ2n) is 4.46. The Labute approximate surface area is 139 Å². The number of anilines is 1. The number of nitrogens with zero attached hydrogens (tertiary/aromatic N) is 1. The van der Waals surface area contributed by atoms with Crippen LogP contribution in [0.5, 0.6) is 0 Å². The van der Waals surface area contributed by atoms with E-state index in [4.69, 9.17) is 10.5 Å². The van der Waals surface area contributed by atoms with Gasteiger partial charge in [0.1, 0.15) is 4.88 Å². The fourth-order valence-electron chi connectivity index (χ4n) is 1.65. The Balaban J connectivity index is 1.86. The number of hydrogen-bond donors (Lipinski definition) is 2. The molecule has 0 spiro atoms. The molecule has 0 aliphatic rings. The molecule has 0 fully saturated rings. The van der Waals surface area contributed by atoms with E-state index in [0.29, 0.717) is 22.6 Å². The smallest absolute Gasteiger partial charge is 0.349 e. The first-order valence-electron chi connectivity index (χ1n) is 6.48. The second-order valence-corrected chi connectivity index (χ2v) is 5.52. The van der Waals surface area contributed by atoms with Crippen molar-refractivity contribution in [3.8, 4) is 0 Å². The van der Waals surface area contributed by atoms with Crippen molar-refractivity contribution in [1.29, 1.82) is 0 Å². The van der Waals surface area contributed by atoms with Crippen molar-refractivity contribution in [3.05, 3.63) is 57.0 Å². The molecule has 0 aliphatic heterocycles. The van der Waals surface area contributed by atoms with Crippen LogP contribution in [0, 0.1) is 10.1 Å². The van der Waals surface area contributed by atoms with Gasteiger partial charge in [-0.15, -0.1) is 0 Å². The lowest BCUT2D eigenvalue weighted by molar-refractivity contribution is -0.380. The highest BCUT2D eigenvalue weighted by Crippen LogP contribution is 2.24. The molecule has 24 heavy (non-hydrogen) atoms. The number of nitrogens with one attached hydrogen (secondary N) is 1. The summed E-state index contributed by atoms with van der Waals surface area (Å²) in [4.78, 5) is 44.3. The zero-order valence-electron chi connectivity index (χ0n) is 12.1. The quantitative estimate of drug-likeness (QED) is 0.460. The molecular formula is C14H11N3O6S. The number of benzene rings is 1. The SMILES string of the molecule is NC(=O)c1ccc(NC(=O)COC(=O)c2ccc([N+](=O)[O-])s2)cc1. The number of esters is 1. The van der Waals surface area contributed by atoms with E-state index in [9.17, 15) is 24.5 Å². The molecule has 0 atom stereocenters. The van der Waals surface area contributed by atoms with Crippen molar-refractivity contribution in [2.24, 2.45) is 5.73 Å². The van der Waals surface area contributed by atoms with Crippen molar-refractivity contribution in [2.75, 3.05) is 11.9 Å². The Morgan fingerprint density at radius 3 is 2.38 bits per heavy atom. The molecule has 2 aromatic rings. The van der Waals surface area contributed by atoms with Crippen LogP contribution in [0.3, 0.4) is 0 Å². The molecule has 0 bridgehead atoms. The number of ether oxygens (including phenoxy) is 1. The molecule has 124 valence electrons. The van der Waals surface area contributed by atoms with Gasteiger partial charge < -0.3 is 15.8 Å². The Morgan fingerprint density at radius 1 is 1.17 bits per heavy atom. The van der Waals surface area contributed by atoms with Crippen LogP contribution in [0.1, 0.15) is 20.0 Å². The molecule has 2 amide bonds. The first-order chi connectivity index (χ1) is 11.4. The highest BCUT2D eigenvalue weighted by atomic mass is 32.1. The number of primary amides is 1. The normalized spacial score (nSPS) is 10.0. The number of hydrogen-bond acceptors (Lipinski definition) is 7. The topological polar surface area (TPSA) is 142 Å². The van der Waals surface area contributed by atoms with Gasteiger partial charge in [-0.05, 0) is 30.3 Å². The third-order valence-electron chi connectivity index (χ3n) is 2.76. The van der Waals surface area contributed by atoms with Crippen LogP contribution >= 0.6 is 11.3 Å². The van der Waals surface area contributed by atoms with Gasteiger partial charge in [0.2, 0.25) is 5.91 Å². The maximum absolute atomic E-state index is 11.7. The van der Waals surface area contributed by atoms with Crippen LogP contribution < -0.4 is 11.1 Å². The van der Waals surface area contributed by atoms with E-state index in [1.807, 2.05) is 0 Å². The molecule has 1 aromatic heterocycles. The molecule has 0 saturated heterocycles. The minimum absolute atomic E-state index is 0.0281. The fourth-order valence-corrected chi connectivity index (χ4v) is 2.37. The summed E-state index contributed by atoms with van der Waals surface area (Å²) in [6.07, 6.45) is 0. The standard InChI is InChI=1S/C14H11N3O6S/c15-13(19)8-1-3-9(4-2-8)16-11(18)7-23-14(20)10-5-6-12(24-10)17(21)22/h1-6H,7H2,(H2,15,19)(H,16,18). The average molecular weight is 349 g/mol. The number of nitro groups is 1. The van der Waals surface area contributed by atoms with Gasteiger partial charge in [-0.25, -0.2) is 4.79 Å². The predicted octanol–water partition coefficient (Wildman–Crippen LogP) is 1.55. The lowest BCUT2D eigenvalue weighted by Gasteiger charge is -2.06. The van der Waals surface area contributed by atoms with Crippen LogP contribution in [0.15, 0.2) is 36.4 Å². The van der Waals surface area contributed by atoms with E-state index in [1.54, 1.807) is 0 Å². The summed E-state index contributed by atoms with van der Waals surface area (Å²) in [6.45, 7) is -0.553. The van der Waals surface area contributed by atoms with E-state index in [0.717, 1.165) is 0 Å². The second kappa shape index (κ2) is 7.33. The van der Waals surface area contributed by atoms with Crippen LogP contribution in [0.4, 0.5) is 10.7 Å². The summed E-state index contributed by atoms with van der Waals surface area (Å²) >= 11 is 0.660. The number of thiophene rings is 1. The summed E-state index contributed by atoms with van der Waals surface area (Å²) in [6, 6.07) is 8.27. The Bertz CT molecular complexity index is 799. The molecule has 0 saturated carbocycles. The minimum Gasteiger partial charge on any atom is -0.451 e. The summed E-state index contributed by atoms with van der Waals surface area (Å²) in [5.74, 6) is -2.01. The molecule has 1 aromatic carbocycles. The van der Waals surface area contributed by atoms with Crippen molar-refractivity contribution < 1.29 is 24.0 Å². The van der Waals surface area contributed by atoms with Crippen molar-refractivity contribution in [2.45, 2.75) is 0 Å². The molecule has 3 N–H and O–H groups in total. The van der Waals surface area contributed by atoms with Crippen LogP contribution in [0.2, 0.25) is 0 Å². The third kappa shape index (κ3) is 4.36. The third-order valence-corrected chi connectivity index (χ3v) is 3.78. The molecule has 0 unspecified atom stereocenters. The number of amides is 2. The van der Waals surface area contributed by atoms with E-state index in [2.05, 4.69) is 5.32 Å². The maximum atomic E-state index is 11.7.